The molecule has 280 valence electrons. The molecule has 0 radical (unpaired) electrons. The first-order valence-corrected chi connectivity index (χ1v) is 17.0. The van der Waals surface area contributed by atoms with Crippen molar-refractivity contribution in [3.05, 3.63) is 71.8 Å². The maximum atomic E-state index is 13.6. The third-order valence-corrected chi connectivity index (χ3v) is 7.16. The zero-order valence-electron chi connectivity index (χ0n) is 30.3. The number of alkyl carbamates (subject to hydrolysis) is 2. The quantitative estimate of drug-likeness (QED) is 0.0930. The number of methoxy groups -OCH3 is 1. The molecule has 0 aliphatic carbocycles. The van der Waals surface area contributed by atoms with E-state index in [0.717, 1.165) is 18.2 Å². The summed E-state index contributed by atoms with van der Waals surface area (Å²) in [7, 11) is 1.13. The second kappa shape index (κ2) is 21.8. The van der Waals surface area contributed by atoms with Gasteiger partial charge < -0.3 is 40.2 Å². The Kier molecular flexibility index (Phi) is 18.0. The fraction of sp³-hybridized carbons (Fsp3) is 0.514. The first kappa shape index (κ1) is 42.0. The molecule has 0 aliphatic heterocycles. The topological polar surface area (TPSA) is 187 Å². The number of amides is 4. The summed E-state index contributed by atoms with van der Waals surface area (Å²) in [6.45, 7) is 9.11. The Morgan fingerprint density at radius 2 is 1.24 bits per heavy atom. The van der Waals surface area contributed by atoms with E-state index in [-0.39, 0.29) is 38.5 Å². The van der Waals surface area contributed by atoms with E-state index in [0.29, 0.717) is 12.8 Å². The van der Waals surface area contributed by atoms with Gasteiger partial charge >= 0.3 is 24.1 Å². The molecule has 2 aromatic carbocycles. The predicted octanol–water partition coefficient (Wildman–Crippen LogP) is 4.30. The smallest absolute Gasteiger partial charge is 0.408 e. The van der Waals surface area contributed by atoms with Crippen LogP contribution in [0.2, 0.25) is 0 Å². The van der Waals surface area contributed by atoms with Crippen molar-refractivity contribution in [2.45, 2.75) is 104 Å². The Morgan fingerprint density at radius 1 is 0.686 bits per heavy atom. The van der Waals surface area contributed by atoms with Gasteiger partial charge in [-0.3, -0.25) is 14.4 Å². The van der Waals surface area contributed by atoms with Crippen molar-refractivity contribution in [2.24, 2.45) is 5.92 Å². The second-order valence-electron chi connectivity index (χ2n) is 13.3. The third-order valence-electron chi connectivity index (χ3n) is 7.16. The predicted molar refractivity (Wildman–Crippen MR) is 188 cm³/mol. The summed E-state index contributed by atoms with van der Waals surface area (Å²) in [5, 5.41) is 10.4. The average Bonchev–Trinajstić information content (AvgIpc) is 3.08. The molecule has 4 amide bonds. The zero-order valence-corrected chi connectivity index (χ0v) is 30.3. The number of hydrogen-bond donors (Lipinski definition) is 4. The summed E-state index contributed by atoms with van der Waals surface area (Å²) in [5.74, 6) is -3.05. The second-order valence-corrected chi connectivity index (χ2v) is 13.3. The Hall–Kier alpha value is -5.14. The third kappa shape index (κ3) is 17.9. The fourth-order valence-electron chi connectivity index (χ4n) is 4.70. The van der Waals surface area contributed by atoms with Gasteiger partial charge in [0.25, 0.3) is 0 Å². The number of ether oxygens (including phenoxy) is 4. The van der Waals surface area contributed by atoms with Gasteiger partial charge in [-0.15, -0.1) is 0 Å². The van der Waals surface area contributed by atoms with Crippen LogP contribution in [0.15, 0.2) is 60.7 Å². The van der Waals surface area contributed by atoms with Gasteiger partial charge in [-0.2, -0.15) is 0 Å². The van der Waals surface area contributed by atoms with E-state index in [2.05, 4.69) is 21.3 Å². The first-order valence-electron chi connectivity index (χ1n) is 17.0. The number of rotatable bonds is 19. The Bertz CT molecular complexity index is 1410. The van der Waals surface area contributed by atoms with E-state index in [9.17, 15) is 28.8 Å². The van der Waals surface area contributed by atoms with Gasteiger partial charge in [-0.05, 0) is 63.5 Å². The number of benzene rings is 2. The van der Waals surface area contributed by atoms with E-state index in [1.54, 1.807) is 45.0 Å². The lowest BCUT2D eigenvalue weighted by Gasteiger charge is -2.27. The highest BCUT2D eigenvalue weighted by atomic mass is 16.6. The van der Waals surface area contributed by atoms with Gasteiger partial charge in [0.2, 0.25) is 11.8 Å². The van der Waals surface area contributed by atoms with Crippen molar-refractivity contribution in [3.8, 4) is 0 Å². The highest BCUT2D eigenvalue weighted by molar-refractivity contribution is 5.94. The van der Waals surface area contributed by atoms with E-state index < -0.39 is 66.1 Å². The van der Waals surface area contributed by atoms with Crippen LogP contribution < -0.4 is 21.3 Å². The molecule has 0 saturated carbocycles. The van der Waals surface area contributed by atoms with E-state index in [1.165, 1.54) is 0 Å². The monoisotopic (exact) mass is 712 g/mol. The number of hydrogen-bond acceptors (Lipinski definition) is 10. The zero-order chi connectivity index (χ0) is 37.8. The molecule has 3 unspecified atom stereocenters. The van der Waals surface area contributed by atoms with Crippen LogP contribution in [0.4, 0.5) is 9.59 Å². The fourth-order valence-corrected chi connectivity index (χ4v) is 4.70. The molecule has 0 saturated heterocycles. The van der Waals surface area contributed by atoms with Crippen molar-refractivity contribution in [1.29, 1.82) is 0 Å². The molecule has 51 heavy (non-hydrogen) atoms. The van der Waals surface area contributed by atoms with Gasteiger partial charge in [0.05, 0.1) is 13.5 Å². The summed E-state index contributed by atoms with van der Waals surface area (Å²) in [6.07, 6.45) is -0.713. The van der Waals surface area contributed by atoms with Crippen molar-refractivity contribution in [2.75, 3.05) is 13.7 Å². The van der Waals surface area contributed by atoms with Crippen LogP contribution in [-0.4, -0.2) is 73.3 Å². The molecule has 0 spiro atoms. The van der Waals surface area contributed by atoms with Crippen LogP contribution >= 0.6 is 0 Å². The minimum Gasteiger partial charge on any atom is -0.467 e. The lowest BCUT2D eigenvalue weighted by Crippen LogP contribution is -2.56. The molecule has 3 atom stereocenters. The molecule has 4 N–H and O–H groups in total. The molecule has 14 nitrogen and oxygen atoms in total. The van der Waals surface area contributed by atoms with Crippen molar-refractivity contribution >= 4 is 35.9 Å². The van der Waals surface area contributed by atoms with Gasteiger partial charge in [-0.1, -0.05) is 74.5 Å². The molecule has 0 aliphatic rings. The highest BCUT2D eigenvalue weighted by Gasteiger charge is 2.32. The molecule has 2 aromatic rings. The number of carbonyl (C=O) groups is 6. The Balaban J connectivity index is 2.04. The van der Waals surface area contributed by atoms with Crippen LogP contribution in [0.3, 0.4) is 0 Å². The van der Waals surface area contributed by atoms with E-state index in [4.69, 9.17) is 18.9 Å². The lowest BCUT2D eigenvalue weighted by molar-refractivity contribution is -0.153. The molecule has 0 bridgehead atoms. The van der Waals surface area contributed by atoms with Gasteiger partial charge in [0.1, 0.15) is 36.9 Å². The molecule has 0 aromatic heterocycles. The minimum absolute atomic E-state index is 0.0199. The first-order chi connectivity index (χ1) is 24.2. The maximum absolute atomic E-state index is 13.6. The summed E-state index contributed by atoms with van der Waals surface area (Å²) in [5.41, 5.74) is 0.762. The van der Waals surface area contributed by atoms with Gasteiger partial charge in [0, 0.05) is 6.54 Å². The Morgan fingerprint density at radius 3 is 1.78 bits per heavy atom. The summed E-state index contributed by atoms with van der Waals surface area (Å²) in [4.78, 5) is 77.0. The lowest BCUT2D eigenvalue weighted by atomic mass is 10.0. The van der Waals surface area contributed by atoms with Crippen molar-refractivity contribution in [1.82, 2.24) is 21.3 Å². The number of unbranched alkanes of at least 4 members (excludes halogenated alkanes) is 1. The average molecular weight is 713 g/mol. The summed E-state index contributed by atoms with van der Waals surface area (Å²) < 4.78 is 20.7. The standard InChI is InChI=1S/C37H52N4O10/c1-25(2)21-29(33(44)40-30(34(45)48-6)22-31(42)49-23-26-15-9-7-10-16-26)39-32(43)28(41-36(47)51-37(3,4)5)19-13-14-20-38-35(46)50-24-27-17-11-8-12-18-27/h7-12,15-18,25,28-30H,13-14,19-24H2,1-6H3,(H,38,46)(H,39,43)(H,40,44)(H,41,47). The molecular formula is C37H52N4O10. The van der Waals surface area contributed by atoms with Crippen LogP contribution in [-0.2, 0) is 51.3 Å². The molecule has 0 fully saturated rings. The van der Waals surface area contributed by atoms with Gasteiger partial charge in [-0.25, -0.2) is 14.4 Å². The van der Waals surface area contributed by atoms with Crippen LogP contribution in [0.5, 0.6) is 0 Å². The van der Waals surface area contributed by atoms with E-state index >= 15 is 0 Å². The SMILES string of the molecule is COC(=O)C(CC(=O)OCc1ccccc1)NC(=O)C(CC(C)C)NC(=O)C(CCCCNC(=O)OCc1ccccc1)NC(=O)OC(C)(C)C. The number of carbonyl (C=O) groups excluding carboxylic acids is 6. The van der Waals surface area contributed by atoms with Gasteiger partial charge in [0.15, 0.2) is 0 Å². The number of nitrogens with one attached hydrogen (secondary N) is 4. The van der Waals surface area contributed by atoms with Crippen molar-refractivity contribution in [3.63, 3.8) is 0 Å². The van der Waals surface area contributed by atoms with Crippen LogP contribution in [0.25, 0.3) is 0 Å². The maximum Gasteiger partial charge on any atom is 0.408 e. The van der Waals surface area contributed by atoms with Crippen LogP contribution in [0, 0.1) is 5.92 Å². The summed E-state index contributed by atoms with van der Waals surface area (Å²) >= 11 is 0. The molecule has 14 heteroatoms. The largest absolute Gasteiger partial charge is 0.467 e. The summed E-state index contributed by atoms with van der Waals surface area (Å²) in [6, 6.07) is 14.6. The normalized spacial score (nSPS) is 12.8. The molecular weight excluding hydrogens is 660 g/mol. The minimum atomic E-state index is -1.38. The Labute approximate surface area is 299 Å². The van der Waals surface area contributed by atoms with Crippen molar-refractivity contribution < 1.29 is 47.7 Å². The van der Waals surface area contributed by atoms with Crippen LogP contribution in [0.1, 0.15) is 77.8 Å². The van der Waals surface area contributed by atoms with E-state index in [1.807, 2.05) is 50.2 Å². The molecule has 2 rings (SSSR count). The molecule has 0 heterocycles. The highest BCUT2D eigenvalue weighted by Crippen LogP contribution is 2.12. The number of esters is 2.